The van der Waals surface area contributed by atoms with Crippen LogP contribution in [0.1, 0.15) is 63.9 Å². The van der Waals surface area contributed by atoms with Crippen LogP contribution in [-0.4, -0.2) is 43.4 Å². The largest absolute Gasteiger partial charge is 0.463 e. The molecule has 156 valence electrons. The number of nitrogens with one attached hydrogen (secondary N) is 2. The van der Waals surface area contributed by atoms with Gasteiger partial charge in [0.25, 0.3) is 0 Å². The van der Waals surface area contributed by atoms with E-state index in [9.17, 15) is 5.11 Å². The van der Waals surface area contributed by atoms with Gasteiger partial charge in [0, 0.05) is 19.7 Å². The van der Waals surface area contributed by atoms with Crippen LogP contribution in [0, 0.1) is 6.92 Å². The summed E-state index contributed by atoms with van der Waals surface area (Å²) < 4.78 is 11.5. The lowest BCUT2D eigenvalue weighted by atomic mass is 9.98. The summed E-state index contributed by atoms with van der Waals surface area (Å²) in [5.41, 5.74) is -1.12. The highest BCUT2D eigenvalue weighted by Crippen LogP contribution is 2.23. The van der Waals surface area contributed by atoms with Gasteiger partial charge in [-0.25, -0.2) is 4.99 Å². The topological polar surface area (TPSA) is 79.0 Å². The fraction of sp³-hybridized carbons (Fsp3) is 0.750. The van der Waals surface area contributed by atoms with Crippen molar-refractivity contribution in [3.63, 3.8) is 0 Å². The highest BCUT2D eigenvalue weighted by Gasteiger charge is 2.26. The minimum Gasteiger partial charge on any atom is -0.463 e. The van der Waals surface area contributed by atoms with Crippen LogP contribution in [0.5, 0.6) is 0 Å². The Morgan fingerprint density at radius 1 is 1.30 bits per heavy atom. The first kappa shape index (κ1) is 24.2. The van der Waals surface area contributed by atoms with E-state index in [2.05, 4.69) is 15.6 Å². The van der Waals surface area contributed by atoms with E-state index in [0.717, 1.165) is 31.9 Å². The fourth-order valence-corrected chi connectivity index (χ4v) is 3.14. The molecule has 1 saturated carbocycles. The van der Waals surface area contributed by atoms with Crippen molar-refractivity contribution in [1.82, 2.24) is 10.6 Å². The molecule has 1 aromatic heterocycles. The molecular formula is C20H36IN3O3. The third kappa shape index (κ3) is 8.83. The molecular weight excluding hydrogens is 457 g/mol. The van der Waals surface area contributed by atoms with Crippen LogP contribution in [0.2, 0.25) is 0 Å². The second-order valence-electron chi connectivity index (χ2n) is 7.29. The summed E-state index contributed by atoms with van der Waals surface area (Å²) in [7, 11) is 0. The van der Waals surface area contributed by atoms with Crippen LogP contribution in [0.15, 0.2) is 21.5 Å². The molecule has 1 aliphatic rings. The molecule has 1 unspecified atom stereocenters. The monoisotopic (exact) mass is 493 g/mol. The Labute approximate surface area is 180 Å². The number of aryl methyl sites for hydroxylation is 1. The van der Waals surface area contributed by atoms with Gasteiger partial charge in [-0.3, -0.25) is 0 Å². The number of furan rings is 1. The van der Waals surface area contributed by atoms with Crippen molar-refractivity contribution < 1.29 is 14.3 Å². The smallest absolute Gasteiger partial charge is 0.191 e. The van der Waals surface area contributed by atoms with E-state index in [1.54, 1.807) is 13.0 Å². The van der Waals surface area contributed by atoms with Crippen LogP contribution in [0.4, 0.5) is 0 Å². The zero-order valence-electron chi connectivity index (χ0n) is 16.9. The maximum atomic E-state index is 10.6. The molecule has 1 atom stereocenters. The summed E-state index contributed by atoms with van der Waals surface area (Å²) in [6, 6.07) is 3.65. The first-order chi connectivity index (χ1) is 12.5. The van der Waals surface area contributed by atoms with Crippen molar-refractivity contribution in [2.75, 3.05) is 26.2 Å². The second-order valence-corrected chi connectivity index (χ2v) is 7.29. The summed E-state index contributed by atoms with van der Waals surface area (Å²) in [6.07, 6.45) is 7.76. The molecule has 0 aliphatic heterocycles. The van der Waals surface area contributed by atoms with E-state index in [-0.39, 0.29) is 30.5 Å². The first-order valence-electron chi connectivity index (χ1n) is 9.94. The summed E-state index contributed by atoms with van der Waals surface area (Å²) in [5.74, 6) is 2.02. The molecule has 0 aromatic carbocycles. The molecule has 0 bridgehead atoms. The van der Waals surface area contributed by atoms with E-state index in [4.69, 9.17) is 9.15 Å². The normalized spacial score (nSPS) is 17.9. The first-order valence-corrected chi connectivity index (χ1v) is 9.94. The highest BCUT2D eigenvalue weighted by atomic mass is 127. The summed E-state index contributed by atoms with van der Waals surface area (Å²) in [4.78, 5) is 4.50. The summed E-state index contributed by atoms with van der Waals surface area (Å²) >= 11 is 0. The Morgan fingerprint density at radius 2 is 2.04 bits per heavy atom. The van der Waals surface area contributed by atoms with E-state index in [1.807, 2.05) is 19.9 Å². The number of rotatable bonds is 9. The Bertz CT molecular complexity index is 554. The SMILES string of the molecule is CCNC(=NCC(C)(O)c1ccc(C)o1)NCCCOC1CCCCC1.I. The second kappa shape index (κ2) is 12.6. The molecule has 3 N–H and O–H groups in total. The number of guanidine groups is 1. The molecule has 1 aliphatic carbocycles. The van der Waals surface area contributed by atoms with Gasteiger partial charge in [0.1, 0.15) is 17.1 Å². The van der Waals surface area contributed by atoms with Crippen molar-refractivity contribution in [2.45, 2.75) is 71.0 Å². The van der Waals surface area contributed by atoms with Gasteiger partial charge in [-0.2, -0.15) is 0 Å². The third-order valence-electron chi connectivity index (χ3n) is 4.68. The molecule has 27 heavy (non-hydrogen) atoms. The highest BCUT2D eigenvalue weighted by molar-refractivity contribution is 14.0. The number of hydrogen-bond acceptors (Lipinski definition) is 4. The Hall–Kier alpha value is -0.800. The van der Waals surface area contributed by atoms with Crippen LogP contribution < -0.4 is 10.6 Å². The fourth-order valence-electron chi connectivity index (χ4n) is 3.14. The average molecular weight is 493 g/mol. The van der Waals surface area contributed by atoms with E-state index in [0.29, 0.717) is 17.8 Å². The van der Waals surface area contributed by atoms with Gasteiger partial charge in [-0.1, -0.05) is 19.3 Å². The maximum Gasteiger partial charge on any atom is 0.191 e. The van der Waals surface area contributed by atoms with E-state index < -0.39 is 5.60 Å². The summed E-state index contributed by atoms with van der Waals surface area (Å²) in [6.45, 7) is 8.18. The van der Waals surface area contributed by atoms with Crippen molar-refractivity contribution in [3.8, 4) is 0 Å². The van der Waals surface area contributed by atoms with Gasteiger partial charge in [0.15, 0.2) is 5.96 Å². The standard InChI is InChI=1S/C20H35N3O3.HI/c1-4-21-19(22-13-8-14-25-17-9-6-5-7-10-17)23-15-20(3,24)18-12-11-16(2)26-18;/h11-12,17,24H,4-10,13-15H2,1-3H3,(H2,21,22,23);1H. The number of aliphatic imine (C=N–C) groups is 1. The van der Waals surface area contributed by atoms with Crippen molar-refractivity contribution in [3.05, 3.63) is 23.7 Å². The molecule has 7 heteroatoms. The zero-order chi connectivity index (χ0) is 18.8. The van der Waals surface area contributed by atoms with Crippen molar-refractivity contribution in [2.24, 2.45) is 4.99 Å². The molecule has 0 amide bonds. The molecule has 6 nitrogen and oxygen atoms in total. The molecule has 1 aromatic rings. The molecule has 0 spiro atoms. The van der Waals surface area contributed by atoms with E-state index in [1.165, 1.54) is 32.1 Å². The van der Waals surface area contributed by atoms with Crippen LogP contribution in [-0.2, 0) is 10.3 Å². The molecule has 0 radical (unpaired) electrons. The summed E-state index contributed by atoms with van der Waals surface area (Å²) in [5, 5.41) is 17.1. The Balaban J connectivity index is 0.00000364. The number of ether oxygens (including phenoxy) is 1. The molecule has 1 heterocycles. The predicted octanol–water partition coefficient (Wildman–Crippen LogP) is 3.71. The molecule has 2 rings (SSSR count). The number of aliphatic hydroxyl groups is 1. The zero-order valence-corrected chi connectivity index (χ0v) is 19.3. The van der Waals surface area contributed by atoms with Gasteiger partial charge in [-0.15, -0.1) is 24.0 Å². The lowest BCUT2D eigenvalue weighted by Gasteiger charge is -2.22. The molecule has 1 fully saturated rings. The Kier molecular flexibility index (Phi) is 11.3. The predicted molar refractivity (Wildman–Crippen MR) is 120 cm³/mol. The van der Waals surface area contributed by atoms with Crippen LogP contribution in [0.25, 0.3) is 0 Å². The third-order valence-corrected chi connectivity index (χ3v) is 4.68. The van der Waals surface area contributed by atoms with Crippen LogP contribution >= 0.6 is 24.0 Å². The minimum absolute atomic E-state index is 0. The van der Waals surface area contributed by atoms with Gasteiger partial charge < -0.3 is 24.9 Å². The maximum absolute atomic E-state index is 10.6. The number of halogens is 1. The van der Waals surface area contributed by atoms with Gasteiger partial charge >= 0.3 is 0 Å². The lowest BCUT2D eigenvalue weighted by molar-refractivity contribution is 0.0276. The minimum atomic E-state index is -1.12. The van der Waals surface area contributed by atoms with Crippen molar-refractivity contribution >= 4 is 29.9 Å². The average Bonchev–Trinajstić information content (AvgIpc) is 3.07. The number of nitrogens with zero attached hydrogens (tertiary/aromatic N) is 1. The van der Waals surface area contributed by atoms with Gasteiger partial charge in [-0.05, 0) is 52.2 Å². The lowest BCUT2D eigenvalue weighted by Crippen LogP contribution is -2.39. The van der Waals surface area contributed by atoms with E-state index >= 15 is 0 Å². The Morgan fingerprint density at radius 3 is 2.67 bits per heavy atom. The van der Waals surface area contributed by atoms with Crippen LogP contribution in [0.3, 0.4) is 0 Å². The number of hydrogen-bond donors (Lipinski definition) is 3. The van der Waals surface area contributed by atoms with Crippen molar-refractivity contribution in [1.29, 1.82) is 0 Å². The van der Waals surface area contributed by atoms with Gasteiger partial charge in [0.05, 0.1) is 12.6 Å². The quantitative estimate of drug-likeness (QED) is 0.212. The molecule has 0 saturated heterocycles. The van der Waals surface area contributed by atoms with Gasteiger partial charge in [0.2, 0.25) is 0 Å².